The summed E-state index contributed by atoms with van der Waals surface area (Å²) in [7, 11) is 0. The fourth-order valence-corrected chi connectivity index (χ4v) is 3.04. The number of nitrogens with one attached hydrogen (secondary N) is 2. The Bertz CT molecular complexity index is 621. The third kappa shape index (κ3) is 3.97. The van der Waals surface area contributed by atoms with E-state index in [0.29, 0.717) is 12.0 Å². The lowest BCUT2D eigenvalue weighted by Gasteiger charge is -2.23. The standard InChI is InChI=1S/C17H21BrN4/c1-12-7-9-14(10-8-12)21-17-19-11-15(18)16(22-17)20-13-5-3-2-4-6-13/h7-11,13H,2-6H2,1H3,(H2,19,20,21,22). The lowest BCUT2D eigenvalue weighted by atomic mass is 9.95. The molecule has 5 heteroatoms. The highest BCUT2D eigenvalue weighted by Gasteiger charge is 2.15. The maximum absolute atomic E-state index is 4.60. The molecule has 2 aromatic rings. The van der Waals surface area contributed by atoms with Crippen LogP contribution in [0.5, 0.6) is 0 Å². The van der Waals surface area contributed by atoms with Gasteiger partial charge in [0.2, 0.25) is 5.95 Å². The number of hydrogen-bond acceptors (Lipinski definition) is 4. The van der Waals surface area contributed by atoms with Crippen molar-refractivity contribution in [3.63, 3.8) is 0 Å². The summed E-state index contributed by atoms with van der Waals surface area (Å²) in [6.45, 7) is 2.08. The Morgan fingerprint density at radius 3 is 2.55 bits per heavy atom. The summed E-state index contributed by atoms with van der Waals surface area (Å²) in [6.07, 6.45) is 8.19. The maximum atomic E-state index is 4.60. The number of halogens is 1. The second-order valence-electron chi connectivity index (χ2n) is 5.86. The van der Waals surface area contributed by atoms with Gasteiger partial charge in [-0.3, -0.25) is 0 Å². The van der Waals surface area contributed by atoms with Gasteiger partial charge >= 0.3 is 0 Å². The first kappa shape index (κ1) is 15.3. The molecule has 4 nitrogen and oxygen atoms in total. The SMILES string of the molecule is Cc1ccc(Nc2ncc(Br)c(NC3CCCCC3)n2)cc1. The van der Waals surface area contributed by atoms with Crippen molar-refractivity contribution in [1.82, 2.24) is 9.97 Å². The summed E-state index contributed by atoms with van der Waals surface area (Å²) in [5.41, 5.74) is 2.23. The fraction of sp³-hybridized carbons (Fsp3) is 0.412. The van der Waals surface area contributed by atoms with Gasteiger partial charge in [0.1, 0.15) is 5.82 Å². The molecule has 1 heterocycles. The molecule has 1 aromatic heterocycles. The Morgan fingerprint density at radius 1 is 1.09 bits per heavy atom. The van der Waals surface area contributed by atoms with E-state index in [9.17, 15) is 0 Å². The summed E-state index contributed by atoms with van der Waals surface area (Å²) in [6, 6.07) is 8.74. The van der Waals surface area contributed by atoms with Crippen LogP contribution in [0.25, 0.3) is 0 Å². The third-order valence-corrected chi connectivity index (χ3v) is 4.58. The zero-order chi connectivity index (χ0) is 15.4. The molecule has 116 valence electrons. The van der Waals surface area contributed by atoms with Crippen molar-refractivity contribution in [2.24, 2.45) is 0 Å². The summed E-state index contributed by atoms with van der Waals surface area (Å²) in [5, 5.41) is 6.80. The number of anilines is 3. The molecular formula is C17H21BrN4. The van der Waals surface area contributed by atoms with E-state index in [4.69, 9.17) is 0 Å². The van der Waals surface area contributed by atoms with Gasteiger partial charge in [-0.15, -0.1) is 0 Å². The molecule has 0 bridgehead atoms. The van der Waals surface area contributed by atoms with Crippen LogP contribution in [0.4, 0.5) is 17.5 Å². The molecule has 1 saturated carbocycles. The van der Waals surface area contributed by atoms with Gasteiger partial charge in [0.25, 0.3) is 0 Å². The molecule has 0 saturated heterocycles. The molecule has 3 rings (SSSR count). The summed E-state index contributed by atoms with van der Waals surface area (Å²) in [5.74, 6) is 1.49. The molecule has 0 aliphatic heterocycles. The Morgan fingerprint density at radius 2 is 1.82 bits per heavy atom. The molecule has 1 fully saturated rings. The Labute approximate surface area is 139 Å². The first-order chi connectivity index (χ1) is 10.7. The van der Waals surface area contributed by atoms with Gasteiger partial charge in [0.05, 0.1) is 4.47 Å². The van der Waals surface area contributed by atoms with Crippen molar-refractivity contribution in [2.75, 3.05) is 10.6 Å². The first-order valence-electron chi connectivity index (χ1n) is 7.83. The highest BCUT2D eigenvalue weighted by molar-refractivity contribution is 9.10. The molecule has 1 aliphatic carbocycles. The molecule has 1 aliphatic rings. The lowest BCUT2D eigenvalue weighted by molar-refractivity contribution is 0.461. The van der Waals surface area contributed by atoms with Gasteiger partial charge < -0.3 is 10.6 Å². The highest BCUT2D eigenvalue weighted by atomic mass is 79.9. The first-order valence-corrected chi connectivity index (χ1v) is 8.63. The number of nitrogens with zero attached hydrogens (tertiary/aromatic N) is 2. The minimum atomic E-state index is 0.521. The second-order valence-corrected chi connectivity index (χ2v) is 6.71. The van der Waals surface area contributed by atoms with Crippen LogP contribution in [0.15, 0.2) is 34.9 Å². The van der Waals surface area contributed by atoms with Crippen molar-refractivity contribution in [1.29, 1.82) is 0 Å². The number of rotatable bonds is 4. The van der Waals surface area contributed by atoms with Crippen LogP contribution < -0.4 is 10.6 Å². The van der Waals surface area contributed by atoms with E-state index in [1.165, 1.54) is 37.7 Å². The Balaban J connectivity index is 1.72. The third-order valence-electron chi connectivity index (χ3n) is 4.00. The molecule has 0 spiro atoms. The largest absolute Gasteiger partial charge is 0.366 e. The van der Waals surface area contributed by atoms with Gasteiger partial charge in [0.15, 0.2) is 0 Å². The maximum Gasteiger partial charge on any atom is 0.229 e. The van der Waals surface area contributed by atoms with Crippen LogP contribution >= 0.6 is 15.9 Å². The summed E-state index contributed by atoms with van der Waals surface area (Å²) < 4.78 is 0.910. The van der Waals surface area contributed by atoms with E-state index < -0.39 is 0 Å². The van der Waals surface area contributed by atoms with E-state index in [-0.39, 0.29) is 0 Å². The van der Waals surface area contributed by atoms with Crippen molar-refractivity contribution in [3.05, 3.63) is 40.5 Å². The molecule has 0 unspecified atom stereocenters. The zero-order valence-electron chi connectivity index (χ0n) is 12.8. The van der Waals surface area contributed by atoms with Crippen molar-refractivity contribution in [3.8, 4) is 0 Å². The minimum Gasteiger partial charge on any atom is -0.366 e. The predicted molar refractivity (Wildman–Crippen MR) is 94.7 cm³/mol. The van der Waals surface area contributed by atoms with Crippen LogP contribution in [0.3, 0.4) is 0 Å². The number of aromatic nitrogens is 2. The monoisotopic (exact) mass is 360 g/mol. The molecule has 0 radical (unpaired) electrons. The molecule has 22 heavy (non-hydrogen) atoms. The average molecular weight is 361 g/mol. The Kier molecular flexibility index (Phi) is 4.93. The van der Waals surface area contributed by atoms with E-state index in [1.807, 2.05) is 12.1 Å². The van der Waals surface area contributed by atoms with Crippen molar-refractivity contribution in [2.45, 2.75) is 45.1 Å². The average Bonchev–Trinajstić information content (AvgIpc) is 2.54. The Hall–Kier alpha value is -1.62. The molecule has 1 aromatic carbocycles. The predicted octanol–water partition coefficient (Wildman–Crippen LogP) is 5.04. The number of aryl methyl sites for hydroxylation is 1. The van der Waals surface area contributed by atoms with Gasteiger partial charge in [-0.05, 0) is 47.8 Å². The topological polar surface area (TPSA) is 49.8 Å². The zero-order valence-corrected chi connectivity index (χ0v) is 14.4. The summed E-state index contributed by atoms with van der Waals surface area (Å²) >= 11 is 3.54. The second kappa shape index (κ2) is 7.09. The van der Waals surface area contributed by atoms with E-state index in [1.54, 1.807) is 6.20 Å². The molecule has 0 atom stereocenters. The number of hydrogen-bond donors (Lipinski definition) is 2. The van der Waals surface area contributed by atoms with Gasteiger partial charge in [-0.1, -0.05) is 37.0 Å². The van der Waals surface area contributed by atoms with Crippen LogP contribution in [-0.4, -0.2) is 16.0 Å². The van der Waals surface area contributed by atoms with Crippen LogP contribution in [0.2, 0.25) is 0 Å². The van der Waals surface area contributed by atoms with E-state index in [2.05, 4.69) is 55.6 Å². The van der Waals surface area contributed by atoms with Gasteiger partial charge in [0, 0.05) is 17.9 Å². The van der Waals surface area contributed by atoms with E-state index in [0.717, 1.165) is 16.0 Å². The van der Waals surface area contributed by atoms with Gasteiger partial charge in [-0.2, -0.15) is 4.98 Å². The van der Waals surface area contributed by atoms with Crippen LogP contribution in [0.1, 0.15) is 37.7 Å². The fourth-order valence-electron chi connectivity index (χ4n) is 2.73. The van der Waals surface area contributed by atoms with Gasteiger partial charge in [-0.25, -0.2) is 4.98 Å². The van der Waals surface area contributed by atoms with Crippen LogP contribution in [-0.2, 0) is 0 Å². The lowest BCUT2D eigenvalue weighted by Crippen LogP contribution is -2.23. The van der Waals surface area contributed by atoms with Crippen LogP contribution in [0, 0.1) is 6.92 Å². The summed E-state index contributed by atoms with van der Waals surface area (Å²) in [4.78, 5) is 8.94. The van der Waals surface area contributed by atoms with E-state index >= 15 is 0 Å². The normalized spacial score (nSPS) is 15.5. The number of benzene rings is 1. The molecular weight excluding hydrogens is 340 g/mol. The van der Waals surface area contributed by atoms with Crippen molar-refractivity contribution >= 4 is 33.4 Å². The van der Waals surface area contributed by atoms with Crippen molar-refractivity contribution < 1.29 is 0 Å². The minimum absolute atomic E-state index is 0.521. The smallest absolute Gasteiger partial charge is 0.229 e. The highest BCUT2D eigenvalue weighted by Crippen LogP contribution is 2.26. The molecule has 2 N–H and O–H groups in total. The molecule has 0 amide bonds. The quantitative estimate of drug-likeness (QED) is 0.801.